The highest BCUT2D eigenvalue weighted by Crippen LogP contribution is 2.38. The van der Waals surface area contributed by atoms with Gasteiger partial charge in [0.15, 0.2) is 0 Å². The van der Waals surface area contributed by atoms with Crippen molar-refractivity contribution in [1.82, 2.24) is 9.47 Å². The van der Waals surface area contributed by atoms with Gasteiger partial charge in [0.05, 0.1) is 14.1 Å². The lowest BCUT2D eigenvalue weighted by Gasteiger charge is -2.23. The highest BCUT2D eigenvalue weighted by atomic mass is 32.2. The number of rotatable bonds is 23. The Morgan fingerprint density at radius 1 is 0.680 bits per heavy atom. The maximum Gasteiger partial charge on any atom is 0.269 e. The van der Waals surface area contributed by atoms with Crippen molar-refractivity contribution in [1.29, 1.82) is 0 Å². The Morgan fingerprint density at radius 2 is 1.20 bits per heavy atom. The number of amides is 1. The SMILES string of the molecule is C=c1s/c(=C\c2ccc(-c3ccc(/C=C4\SC(=S)N(CC(CCCC)CCCCCC)C4=O)s3)s2)c(=O)n1CC(CCCC)CCCCCC. The first-order valence-corrected chi connectivity index (χ1v) is 22.8. The average Bonchev–Trinajstić information content (AvgIpc) is 3.88. The number of thioether (sulfide) groups is 1. The molecule has 1 aliphatic heterocycles. The zero-order chi connectivity index (χ0) is 35.9. The van der Waals surface area contributed by atoms with Crippen LogP contribution in [-0.4, -0.2) is 26.2 Å². The van der Waals surface area contributed by atoms with Gasteiger partial charge in [-0.25, -0.2) is 0 Å². The Bertz CT molecular complexity index is 1710. The van der Waals surface area contributed by atoms with Crippen molar-refractivity contribution in [2.45, 2.75) is 137 Å². The van der Waals surface area contributed by atoms with Crippen molar-refractivity contribution < 1.29 is 4.79 Å². The molecule has 9 heteroatoms. The van der Waals surface area contributed by atoms with Crippen LogP contribution in [0, 0.1) is 11.8 Å². The van der Waals surface area contributed by atoms with Crippen LogP contribution in [0.1, 0.15) is 140 Å². The molecule has 0 aliphatic carbocycles. The lowest BCUT2D eigenvalue weighted by molar-refractivity contribution is -0.122. The summed E-state index contributed by atoms with van der Waals surface area (Å²) in [6, 6.07) is 8.47. The minimum Gasteiger partial charge on any atom is -0.299 e. The van der Waals surface area contributed by atoms with Gasteiger partial charge in [-0.3, -0.25) is 19.1 Å². The summed E-state index contributed by atoms with van der Waals surface area (Å²) in [7, 11) is 0. The number of hydrogen-bond acceptors (Lipinski definition) is 7. The largest absolute Gasteiger partial charge is 0.299 e. The number of aromatic nitrogens is 1. The molecule has 4 heterocycles. The van der Waals surface area contributed by atoms with E-state index < -0.39 is 0 Å². The quantitative estimate of drug-likeness (QED) is 0.0547. The van der Waals surface area contributed by atoms with Gasteiger partial charge in [-0.05, 0) is 73.9 Å². The Kier molecular flexibility index (Phi) is 17.8. The minimum absolute atomic E-state index is 0.0533. The van der Waals surface area contributed by atoms with Crippen molar-refractivity contribution in [3.05, 3.63) is 58.5 Å². The highest BCUT2D eigenvalue weighted by Gasteiger charge is 2.33. The molecule has 2 unspecified atom stereocenters. The van der Waals surface area contributed by atoms with Crippen molar-refractivity contribution in [2.24, 2.45) is 11.8 Å². The maximum atomic E-state index is 13.5. The van der Waals surface area contributed by atoms with Crippen LogP contribution in [0.3, 0.4) is 0 Å². The summed E-state index contributed by atoms with van der Waals surface area (Å²) >= 11 is 12.1. The molecule has 0 spiro atoms. The molecule has 0 saturated carbocycles. The van der Waals surface area contributed by atoms with Gasteiger partial charge in [0.2, 0.25) is 0 Å². The first-order chi connectivity index (χ1) is 24.3. The molecule has 0 bridgehead atoms. The lowest BCUT2D eigenvalue weighted by atomic mass is 9.94. The van der Waals surface area contributed by atoms with Crippen LogP contribution in [0.4, 0.5) is 0 Å². The zero-order valence-electron chi connectivity index (χ0n) is 30.8. The molecular formula is C41H58N2O2S5. The fourth-order valence-corrected chi connectivity index (χ4v) is 11.0. The Labute approximate surface area is 322 Å². The molecular weight excluding hydrogens is 713 g/mol. The molecule has 4 nitrogen and oxygen atoms in total. The molecule has 50 heavy (non-hydrogen) atoms. The monoisotopic (exact) mass is 770 g/mol. The van der Waals surface area contributed by atoms with Crippen LogP contribution < -0.4 is 14.8 Å². The van der Waals surface area contributed by atoms with Gasteiger partial charge < -0.3 is 0 Å². The van der Waals surface area contributed by atoms with Gasteiger partial charge in [-0.15, -0.1) is 34.0 Å². The molecule has 0 aromatic carbocycles. The second kappa shape index (κ2) is 21.7. The van der Waals surface area contributed by atoms with Crippen molar-refractivity contribution in [3.63, 3.8) is 0 Å². The van der Waals surface area contributed by atoms with Crippen molar-refractivity contribution in [2.75, 3.05) is 6.54 Å². The predicted octanol–water partition coefficient (Wildman–Crippen LogP) is 11.7. The number of nitrogens with zero attached hydrogens (tertiary/aromatic N) is 2. The maximum absolute atomic E-state index is 13.5. The summed E-state index contributed by atoms with van der Waals surface area (Å²) in [5.41, 5.74) is 0.0916. The molecule has 0 N–H and O–H groups in total. The number of thiophene rings is 2. The average molecular weight is 771 g/mol. The molecule has 1 aliphatic rings. The summed E-state index contributed by atoms with van der Waals surface area (Å²) in [5.74, 6) is 1.09. The van der Waals surface area contributed by atoms with Crippen LogP contribution in [0.15, 0.2) is 34.0 Å². The number of carbonyl (C=O) groups excluding carboxylic acids is 1. The van der Waals surface area contributed by atoms with E-state index in [0.29, 0.717) is 16.2 Å². The molecule has 0 radical (unpaired) electrons. The van der Waals surface area contributed by atoms with Gasteiger partial charge in [0, 0.05) is 32.6 Å². The molecule has 1 saturated heterocycles. The Hall–Kier alpha value is -1.78. The molecule has 3 aromatic rings. The lowest BCUT2D eigenvalue weighted by Crippen LogP contribution is -2.33. The van der Waals surface area contributed by atoms with E-state index in [0.717, 1.165) is 53.1 Å². The van der Waals surface area contributed by atoms with Gasteiger partial charge >= 0.3 is 0 Å². The van der Waals surface area contributed by atoms with E-state index >= 15 is 0 Å². The smallest absolute Gasteiger partial charge is 0.269 e. The number of carbonyl (C=O) groups is 1. The third-order valence-corrected chi connectivity index (χ3v) is 14.3. The van der Waals surface area contributed by atoms with Crippen LogP contribution >= 0.6 is 58.0 Å². The van der Waals surface area contributed by atoms with Crippen LogP contribution in [0.5, 0.6) is 0 Å². The van der Waals surface area contributed by atoms with Gasteiger partial charge in [-0.2, -0.15) is 0 Å². The normalized spacial score (nSPS) is 16.0. The molecule has 274 valence electrons. The van der Waals surface area contributed by atoms with E-state index in [2.05, 4.69) is 58.5 Å². The van der Waals surface area contributed by atoms with Crippen LogP contribution in [0.2, 0.25) is 0 Å². The second-order valence-electron chi connectivity index (χ2n) is 13.8. The summed E-state index contributed by atoms with van der Waals surface area (Å²) in [5, 5.41) is 0. The Balaban J connectivity index is 1.43. The van der Waals surface area contributed by atoms with E-state index in [1.807, 2.05) is 21.6 Å². The summed E-state index contributed by atoms with van der Waals surface area (Å²) < 4.78 is 4.23. The third kappa shape index (κ3) is 12.1. The topological polar surface area (TPSA) is 42.3 Å². The van der Waals surface area contributed by atoms with Gasteiger partial charge in [-0.1, -0.05) is 135 Å². The minimum atomic E-state index is 0.0533. The molecule has 4 rings (SSSR count). The molecule has 1 amide bonds. The molecule has 3 aromatic heterocycles. The van der Waals surface area contributed by atoms with Gasteiger partial charge in [0.1, 0.15) is 4.32 Å². The van der Waals surface area contributed by atoms with Gasteiger partial charge in [0.25, 0.3) is 11.5 Å². The number of unbranched alkanes of at least 4 members (excludes halogenated alkanes) is 8. The summed E-state index contributed by atoms with van der Waals surface area (Å²) in [6.45, 7) is 14.8. The van der Waals surface area contributed by atoms with E-state index in [1.165, 1.54) is 119 Å². The van der Waals surface area contributed by atoms with Crippen molar-refractivity contribution in [3.8, 4) is 9.75 Å². The standard InChI is InChI=1S/C41H58N2O2S5/c1-6-10-14-16-20-31(18-12-8-3)28-42-30(5)47-37(39(42)44)26-33-22-24-35(48-33)36-25-23-34(49-36)27-38-40(45)43(41(46)50-38)29-32(19-13-9-4)21-17-15-11-7-2/h22-27,31-32H,5-21,28-29H2,1-4H3/b37-26-,38-27-. The summed E-state index contributed by atoms with van der Waals surface area (Å²) in [6.07, 6.45) is 23.6. The number of thiocarbonyl (C=S) groups is 1. The second-order valence-corrected chi connectivity index (χ2v) is 18.9. The molecule has 2 atom stereocenters. The number of hydrogen-bond donors (Lipinski definition) is 0. The van der Waals surface area contributed by atoms with E-state index in [4.69, 9.17) is 12.2 Å². The molecule has 1 fully saturated rings. The summed E-state index contributed by atoms with van der Waals surface area (Å²) in [4.78, 5) is 34.1. The first kappa shape index (κ1) is 41.0. The zero-order valence-corrected chi connectivity index (χ0v) is 34.9. The third-order valence-electron chi connectivity index (χ3n) is 9.65. The fourth-order valence-electron chi connectivity index (χ4n) is 6.66. The van der Waals surface area contributed by atoms with E-state index in [1.54, 1.807) is 22.7 Å². The Morgan fingerprint density at radius 3 is 1.76 bits per heavy atom. The first-order valence-electron chi connectivity index (χ1n) is 19.1. The fraction of sp³-hybridized carbons (Fsp3) is 0.585. The number of thiazole rings is 1. The van der Waals surface area contributed by atoms with Crippen LogP contribution in [-0.2, 0) is 11.3 Å². The highest BCUT2D eigenvalue weighted by molar-refractivity contribution is 8.26. The van der Waals surface area contributed by atoms with E-state index in [9.17, 15) is 9.59 Å². The van der Waals surface area contributed by atoms with Crippen LogP contribution in [0.25, 0.3) is 28.5 Å². The van der Waals surface area contributed by atoms with E-state index in [-0.39, 0.29) is 11.5 Å². The van der Waals surface area contributed by atoms with Crippen molar-refractivity contribution >= 4 is 86.9 Å². The predicted molar refractivity (Wildman–Crippen MR) is 228 cm³/mol.